The number of thiocarbonyl (C=S) groups is 1. The van der Waals surface area contributed by atoms with Crippen molar-refractivity contribution in [2.75, 3.05) is 4.90 Å². The fraction of sp³-hybridized carbons (Fsp3) is 0. The second-order valence-corrected chi connectivity index (χ2v) is 6.34. The summed E-state index contributed by atoms with van der Waals surface area (Å²) < 4.78 is 0.581. The Morgan fingerprint density at radius 2 is 1.86 bits per heavy atom. The molecule has 1 fully saturated rings. The van der Waals surface area contributed by atoms with E-state index >= 15 is 0 Å². The Hall–Kier alpha value is -1.69. The van der Waals surface area contributed by atoms with Gasteiger partial charge in [-0.15, -0.1) is 0 Å². The van der Waals surface area contributed by atoms with Crippen LogP contribution in [0.4, 0.5) is 11.4 Å². The first-order chi connectivity index (χ1) is 10.1. The zero-order valence-electron chi connectivity index (χ0n) is 10.8. The van der Waals surface area contributed by atoms with Gasteiger partial charge < -0.3 is 0 Å². The molecular weight excluding hydrogens is 322 g/mol. The van der Waals surface area contributed by atoms with Crippen molar-refractivity contribution in [1.29, 1.82) is 5.41 Å². The number of nitrogens with one attached hydrogen (secondary N) is 1. The van der Waals surface area contributed by atoms with Gasteiger partial charge in [-0.2, -0.15) is 0 Å². The number of benzene rings is 2. The van der Waals surface area contributed by atoms with E-state index in [1.807, 2.05) is 42.5 Å². The lowest BCUT2D eigenvalue weighted by molar-refractivity contribution is 1.40. The van der Waals surface area contributed by atoms with Crippen LogP contribution in [0.25, 0.3) is 0 Å². The molecule has 0 spiro atoms. The van der Waals surface area contributed by atoms with Gasteiger partial charge in [0.05, 0.1) is 11.4 Å². The molecule has 1 heterocycles. The average molecular weight is 332 g/mol. The molecule has 1 N–H and O–H groups in total. The molecule has 104 valence electrons. The zero-order chi connectivity index (χ0) is 14.8. The van der Waals surface area contributed by atoms with Gasteiger partial charge in [-0.25, -0.2) is 4.99 Å². The maximum Gasteiger partial charge on any atom is 0.164 e. The number of hydrogen-bond acceptors (Lipinski definition) is 4. The first-order valence-electron chi connectivity index (χ1n) is 6.15. The van der Waals surface area contributed by atoms with Crippen molar-refractivity contribution in [2.45, 2.75) is 0 Å². The van der Waals surface area contributed by atoms with Crippen molar-refractivity contribution >= 4 is 62.2 Å². The number of amidine groups is 1. The zero-order valence-corrected chi connectivity index (χ0v) is 13.2. The normalized spacial score (nSPS) is 16.8. The summed E-state index contributed by atoms with van der Waals surface area (Å²) in [5.41, 5.74) is 1.59. The number of aliphatic imine (C=N–C) groups is 1. The lowest BCUT2D eigenvalue weighted by Crippen LogP contribution is -2.28. The molecule has 0 atom stereocenters. The summed E-state index contributed by atoms with van der Waals surface area (Å²) in [4.78, 5) is 6.15. The summed E-state index contributed by atoms with van der Waals surface area (Å²) in [5.74, 6) is 0.274. The fourth-order valence-corrected chi connectivity index (χ4v) is 3.32. The van der Waals surface area contributed by atoms with E-state index in [1.165, 1.54) is 11.8 Å². The third-order valence-corrected chi connectivity index (χ3v) is 4.35. The number of thioether (sulfide) groups is 1. The summed E-state index contributed by atoms with van der Waals surface area (Å²) in [6, 6.07) is 16.8. The van der Waals surface area contributed by atoms with Crippen LogP contribution < -0.4 is 4.90 Å². The first-order valence-corrected chi connectivity index (χ1v) is 7.75. The first kappa shape index (κ1) is 14.3. The minimum absolute atomic E-state index is 0.274. The Bertz CT molecular complexity index is 744. The van der Waals surface area contributed by atoms with Gasteiger partial charge in [0.1, 0.15) is 5.04 Å². The van der Waals surface area contributed by atoms with Gasteiger partial charge in [0.25, 0.3) is 0 Å². The van der Waals surface area contributed by atoms with Gasteiger partial charge in [0, 0.05) is 5.02 Å². The van der Waals surface area contributed by atoms with Gasteiger partial charge in [0.15, 0.2) is 10.2 Å². The van der Waals surface area contributed by atoms with Crippen LogP contribution in [0.2, 0.25) is 5.02 Å². The quantitative estimate of drug-likeness (QED) is 0.797. The maximum absolute atomic E-state index is 8.29. The van der Waals surface area contributed by atoms with Crippen molar-refractivity contribution in [3.05, 3.63) is 59.6 Å². The van der Waals surface area contributed by atoms with E-state index in [4.69, 9.17) is 29.2 Å². The molecule has 0 radical (unpaired) electrons. The van der Waals surface area contributed by atoms with Crippen molar-refractivity contribution in [3.63, 3.8) is 0 Å². The highest BCUT2D eigenvalue weighted by molar-refractivity contribution is 8.35. The van der Waals surface area contributed by atoms with E-state index in [0.29, 0.717) is 14.4 Å². The monoisotopic (exact) mass is 331 g/mol. The van der Waals surface area contributed by atoms with Gasteiger partial charge in [-0.3, -0.25) is 10.3 Å². The molecule has 0 unspecified atom stereocenters. The molecular formula is C15H10ClN3S2. The van der Waals surface area contributed by atoms with E-state index < -0.39 is 0 Å². The third kappa shape index (κ3) is 3.00. The molecule has 3 nitrogen and oxygen atoms in total. The molecule has 0 aliphatic carbocycles. The molecule has 6 heteroatoms. The number of anilines is 1. The van der Waals surface area contributed by atoms with E-state index in [1.54, 1.807) is 17.0 Å². The predicted molar refractivity (Wildman–Crippen MR) is 95.4 cm³/mol. The van der Waals surface area contributed by atoms with Crippen LogP contribution in [0.5, 0.6) is 0 Å². The largest absolute Gasteiger partial charge is 0.282 e. The van der Waals surface area contributed by atoms with Crippen molar-refractivity contribution in [1.82, 2.24) is 0 Å². The Kier molecular flexibility index (Phi) is 4.05. The van der Waals surface area contributed by atoms with Crippen LogP contribution >= 0.6 is 35.6 Å². The van der Waals surface area contributed by atoms with Crippen LogP contribution in [-0.4, -0.2) is 15.2 Å². The molecule has 3 rings (SSSR count). The lowest BCUT2D eigenvalue weighted by atomic mass is 10.3. The minimum Gasteiger partial charge on any atom is -0.282 e. The number of para-hydroxylation sites is 1. The van der Waals surface area contributed by atoms with Crippen LogP contribution in [0.15, 0.2) is 59.6 Å². The second-order valence-electron chi connectivity index (χ2n) is 4.28. The summed E-state index contributed by atoms with van der Waals surface area (Å²) >= 11 is 12.7. The molecule has 1 aliphatic rings. The summed E-state index contributed by atoms with van der Waals surface area (Å²) in [6.07, 6.45) is 0. The molecule has 0 amide bonds. The Morgan fingerprint density at radius 3 is 2.57 bits per heavy atom. The molecule has 0 bridgehead atoms. The van der Waals surface area contributed by atoms with Gasteiger partial charge in [-0.1, -0.05) is 48.1 Å². The topological polar surface area (TPSA) is 39.5 Å². The molecule has 1 saturated heterocycles. The summed E-state index contributed by atoms with van der Waals surface area (Å²) in [5, 5.41) is 9.50. The Morgan fingerprint density at radius 1 is 1.10 bits per heavy atom. The van der Waals surface area contributed by atoms with Crippen LogP contribution in [0, 0.1) is 5.41 Å². The highest BCUT2D eigenvalue weighted by atomic mass is 35.5. The van der Waals surface area contributed by atoms with Crippen LogP contribution in [0.3, 0.4) is 0 Å². The van der Waals surface area contributed by atoms with Crippen molar-refractivity contribution in [2.24, 2.45) is 4.99 Å². The number of hydrogen-bond donors (Lipinski definition) is 1. The molecule has 2 aromatic rings. The average Bonchev–Trinajstić information content (AvgIpc) is 2.74. The Balaban J connectivity index is 1.94. The maximum atomic E-state index is 8.29. The molecule has 21 heavy (non-hydrogen) atoms. The van der Waals surface area contributed by atoms with Crippen molar-refractivity contribution < 1.29 is 0 Å². The second kappa shape index (κ2) is 5.97. The minimum atomic E-state index is 0.274. The van der Waals surface area contributed by atoms with Crippen LogP contribution in [-0.2, 0) is 0 Å². The summed E-state index contributed by atoms with van der Waals surface area (Å²) in [6.45, 7) is 0. The lowest BCUT2D eigenvalue weighted by Gasteiger charge is -2.16. The Labute approximate surface area is 137 Å². The van der Waals surface area contributed by atoms with E-state index in [2.05, 4.69) is 4.99 Å². The van der Waals surface area contributed by atoms with Gasteiger partial charge in [-0.05, 0) is 42.1 Å². The standard InChI is InChI=1S/C15H10ClN3S2/c16-10-5-4-8-12(9-10)19-13(17)14(21-15(19)20)18-11-6-2-1-3-7-11/h1-9,17H. The van der Waals surface area contributed by atoms with Gasteiger partial charge >= 0.3 is 0 Å². The molecule has 0 saturated carbocycles. The smallest absolute Gasteiger partial charge is 0.164 e. The summed E-state index contributed by atoms with van der Waals surface area (Å²) in [7, 11) is 0. The van der Waals surface area contributed by atoms with Crippen molar-refractivity contribution in [3.8, 4) is 0 Å². The van der Waals surface area contributed by atoms with E-state index in [0.717, 1.165) is 11.4 Å². The molecule has 2 aromatic carbocycles. The third-order valence-electron chi connectivity index (χ3n) is 2.85. The number of nitrogens with zero attached hydrogens (tertiary/aromatic N) is 2. The highest BCUT2D eigenvalue weighted by Gasteiger charge is 2.31. The molecule has 0 aromatic heterocycles. The fourth-order valence-electron chi connectivity index (χ4n) is 1.91. The van der Waals surface area contributed by atoms with Crippen LogP contribution in [0.1, 0.15) is 0 Å². The van der Waals surface area contributed by atoms with Gasteiger partial charge in [0.2, 0.25) is 0 Å². The predicted octanol–water partition coefficient (Wildman–Crippen LogP) is 4.89. The highest BCUT2D eigenvalue weighted by Crippen LogP contribution is 2.31. The van der Waals surface area contributed by atoms with E-state index in [-0.39, 0.29) is 5.84 Å². The molecule has 1 aliphatic heterocycles. The van der Waals surface area contributed by atoms with E-state index in [9.17, 15) is 0 Å². The SMILES string of the molecule is N=C1C(=Nc2ccccc2)SC(=S)N1c1cccc(Cl)c1. The number of halogens is 1. The number of rotatable bonds is 2.